The Balaban J connectivity index is 1.17. The van der Waals surface area contributed by atoms with Gasteiger partial charge in [-0.15, -0.1) is 0 Å². The van der Waals surface area contributed by atoms with Crippen LogP contribution in [0.3, 0.4) is 0 Å². The normalized spacial score (nSPS) is 16.4. The van der Waals surface area contributed by atoms with Gasteiger partial charge in [0.1, 0.15) is 18.9 Å². The van der Waals surface area contributed by atoms with Crippen LogP contribution in [0.1, 0.15) is 21.5 Å². The average Bonchev–Trinajstić information content (AvgIpc) is 3.24. The van der Waals surface area contributed by atoms with Crippen LogP contribution < -0.4 is 9.64 Å². The molecule has 0 atom stereocenters. The number of piperazine rings is 1. The minimum absolute atomic E-state index is 0.174. The lowest BCUT2D eigenvalue weighted by molar-refractivity contribution is -0.136. The third-order valence-corrected chi connectivity index (χ3v) is 8.27. The molecule has 2 saturated heterocycles. The number of hydrogen-bond donors (Lipinski definition) is 1. The fourth-order valence-corrected chi connectivity index (χ4v) is 5.90. The number of carboxylic acids is 1. The summed E-state index contributed by atoms with van der Waals surface area (Å²) in [6, 6.07) is 21.7. The molecule has 2 fully saturated rings. The molecular weight excluding hydrogens is 610 g/mol. The van der Waals surface area contributed by atoms with Gasteiger partial charge in [0, 0.05) is 31.9 Å². The van der Waals surface area contributed by atoms with E-state index in [0.717, 1.165) is 22.3 Å². The molecule has 0 radical (unpaired) electrons. The van der Waals surface area contributed by atoms with E-state index in [-0.39, 0.29) is 29.5 Å². The van der Waals surface area contributed by atoms with Gasteiger partial charge < -0.3 is 19.6 Å². The van der Waals surface area contributed by atoms with Crippen molar-refractivity contribution in [3.05, 3.63) is 98.9 Å². The number of carbonyl (C=O) groups excluding carboxylic acids is 3. The fourth-order valence-electron chi connectivity index (χ4n) is 4.55. The van der Waals surface area contributed by atoms with E-state index in [4.69, 9.17) is 9.84 Å². The number of para-hydroxylation sites is 1. The largest absolute Gasteiger partial charge is 0.488 e. The molecule has 0 saturated carbocycles. The van der Waals surface area contributed by atoms with Crippen molar-refractivity contribution in [1.29, 1.82) is 0 Å². The minimum Gasteiger partial charge on any atom is -0.488 e. The van der Waals surface area contributed by atoms with E-state index in [2.05, 4.69) is 20.8 Å². The number of carbonyl (C=O) groups is 4. The predicted molar refractivity (Wildman–Crippen MR) is 160 cm³/mol. The highest BCUT2D eigenvalue weighted by atomic mass is 79.9. The van der Waals surface area contributed by atoms with Crippen molar-refractivity contribution in [3.8, 4) is 5.75 Å². The van der Waals surface area contributed by atoms with Gasteiger partial charge in [-0.3, -0.25) is 19.3 Å². The number of imide groups is 1. The second kappa shape index (κ2) is 12.6. The van der Waals surface area contributed by atoms with Crippen molar-refractivity contribution in [2.45, 2.75) is 6.61 Å². The van der Waals surface area contributed by atoms with E-state index in [9.17, 15) is 19.2 Å². The second-order valence-corrected chi connectivity index (χ2v) is 11.3. The molecule has 11 heteroatoms. The average molecular weight is 637 g/mol. The molecule has 1 N–H and O–H groups in total. The molecule has 0 unspecified atom stereocenters. The van der Waals surface area contributed by atoms with Gasteiger partial charge in [-0.2, -0.15) is 0 Å². The third-order valence-electron chi connectivity index (χ3n) is 6.74. The van der Waals surface area contributed by atoms with Crippen LogP contribution in [0.2, 0.25) is 0 Å². The molecule has 41 heavy (non-hydrogen) atoms. The number of halogens is 1. The summed E-state index contributed by atoms with van der Waals surface area (Å²) in [6.07, 6.45) is 1.61. The first-order valence-corrected chi connectivity index (χ1v) is 14.5. The summed E-state index contributed by atoms with van der Waals surface area (Å²) in [5.41, 5.74) is 2.67. The first kappa shape index (κ1) is 28.4. The van der Waals surface area contributed by atoms with Crippen LogP contribution in [-0.4, -0.2) is 70.7 Å². The molecule has 2 heterocycles. The van der Waals surface area contributed by atoms with E-state index in [1.807, 2.05) is 30.3 Å². The zero-order valence-corrected chi connectivity index (χ0v) is 24.3. The van der Waals surface area contributed by atoms with Crippen molar-refractivity contribution in [3.63, 3.8) is 0 Å². The first-order valence-electron chi connectivity index (χ1n) is 12.9. The number of aromatic carboxylic acids is 1. The van der Waals surface area contributed by atoms with Crippen LogP contribution in [0.15, 0.2) is 82.2 Å². The van der Waals surface area contributed by atoms with Crippen molar-refractivity contribution >= 4 is 62.5 Å². The predicted octanol–water partition coefficient (Wildman–Crippen LogP) is 5.11. The molecule has 9 nitrogen and oxygen atoms in total. The fraction of sp³-hybridized carbons (Fsp3) is 0.200. The van der Waals surface area contributed by atoms with Gasteiger partial charge >= 0.3 is 5.97 Å². The highest BCUT2D eigenvalue weighted by Crippen LogP contribution is 2.34. The quantitative estimate of drug-likeness (QED) is 0.340. The van der Waals surface area contributed by atoms with Crippen LogP contribution in [0.4, 0.5) is 10.5 Å². The number of thioether (sulfide) groups is 1. The third kappa shape index (κ3) is 6.80. The Kier molecular flexibility index (Phi) is 8.75. The molecule has 3 aromatic carbocycles. The maximum atomic E-state index is 13.0. The summed E-state index contributed by atoms with van der Waals surface area (Å²) < 4.78 is 6.46. The Bertz CT molecular complexity index is 1520. The Morgan fingerprint density at radius 3 is 2.41 bits per heavy atom. The van der Waals surface area contributed by atoms with E-state index in [0.29, 0.717) is 47.5 Å². The summed E-state index contributed by atoms with van der Waals surface area (Å²) in [5, 5.41) is 8.69. The van der Waals surface area contributed by atoms with Gasteiger partial charge in [-0.05, 0) is 81.3 Å². The van der Waals surface area contributed by atoms with Gasteiger partial charge in [0.15, 0.2) is 0 Å². The van der Waals surface area contributed by atoms with Crippen molar-refractivity contribution < 1.29 is 29.0 Å². The van der Waals surface area contributed by atoms with Gasteiger partial charge in [-0.1, -0.05) is 36.4 Å². The molecule has 0 spiro atoms. The van der Waals surface area contributed by atoms with Crippen LogP contribution in [0.25, 0.3) is 6.08 Å². The van der Waals surface area contributed by atoms with Crippen LogP contribution >= 0.6 is 27.7 Å². The van der Waals surface area contributed by atoms with E-state index < -0.39 is 17.1 Å². The Labute approximate surface area is 249 Å². The molecule has 210 valence electrons. The molecule has 2 aliphatic heterocycles. The molecule has 3 aromatic rings. The highest BCUT2D eigenvalue weighted by molar-refractivity contribution is 9.10. The number of anilines is 1. The number of benzene rings is 3. The number of amides is 3. The molecule has 0 bridgehead atoms. The summed E-state index contributed by atoms with van der Waals surface area (Å²) in [5.74, 6) is -1.22. The van der Waals surface area contributed by atoms with E-state index in [1.165, 1.54) is 6.07 Å². The number of carboxylic acid groups (broad SMARTS) is 1. The van der Waals surface area contributed by atoms with Crippen molar-refractivity contribution in [2.75, 3.05) is 37.6 Å². The maximum absolute atomic E-state index is 13.0. The zero-order chi connectivity index (χ0) is 28.9. The standard InChI is InChI=1S/C30H26BrN3O6S/c31-24-16-20(9-10-25(24)40-19-21-5-4-6-22(15-21)29(37)38)17-26-28(36)34(30(39)41-26)18-27(35)33-13-11-32(12-14-33)23-7-2-1-3-8-23/h1-10,15-17H,11-14,18-19H2,(H,37,38)/b26-17+. The minimum atomic E-state index is -1.01. The zero-order valence-electron chi connectivity index (χ0n) is 21.9. The number of nitrogens with zero attached hydrogens (tertiary/aromatic N) is 3. The van der Waals surface area contributed by atoms with Crippen LogP contribution in [0.5, 0.6) is 5.75 Å². The van der Waals surface area contributed by atoms with Gasteiger partial charge in [0.2, 0.25) is 5.91 Å². The lowest BCUT2D eigenvalue weighted by Crippen LogP contribution is -2.51. The Hall–Kier alpha value is -4.09. The first-order chi connectivity index (χ1) is 19.8. The molecule has 0 aromatic heterocycles. The molecule has 5 rings (SSSR count). The monoisotopic (exact) mass is 635 g/mol. The van der Waals surface area contributed by atoms with Gasteiger partial charge in [-0.25, -0.2) is 4.79 Å². The van der Waals surface area contributed by atoms with Crippen molar-refractivity contribution in [2.24, 2.45) is 0 Å². The smallest absolute Gasteiger partial charge is 0.335 e. The van der Waals surface area contributed by atoms with Crippen LogP contribution in [-0.2, 0) is 16.2 Å². The van der Waals surface area contributed by atoms with Crippen LogP contribution in [0, 0.1) is 0 Å². The maximum Gasteiger partial charge on any atom is 0.335 e. The van der Waals surface area contributed by atoms with Gasteiger partial charge in [0.05, 0.1) is 14.9 Å². The summed E-state index contributed by atoms with van der Waals surface area (Å²) in [6.45, 7) is 2.29. The SMILES string of the molecule is O=C(O)c1cccc(COc2ccc(/C=C3/SC(=O)N(CC(=O)N4CCN(c5ccccc5)CC4)C3=O)cc2Br)c1. The Morgan fingerprint density at radius 1 is 0.951 bits per heavy atom. The summed E-state index contributed by atoms with van der Waals surface area (Å²) in [7, 11) is 0. The van der Waals surface area contributed by atoms with E-state index in [1.54, 1.807) is 47.4 Å². The molecular formula is C30H26BrN3O6S. The van der Waals surface area contributed by atoms with E-state index >= 15 is 0 Å². The molecule has 2 aliphatic rings. The Morgan fingerprint density at radius 2 is 1.71 bits per heavy atom. The summed E-state index contributed by atoms with van der Waals surface area (Å²) in [4.78, 5) is 54.9. The number of hydrogen-bond acceptors (Lipinski definition) is 7. The number of rotatable bonds is 8. The lowest BCUT2D eigenvalue weighted by Gasteiger charge is -2.36. The summed E-state index contributed by atoms with van der Waals surface area (Å²) >= 11 is 4.28. The lowest BCUT2D eigenvalue weighted by atomic mass is 10.1. The highest BCUT2D eigenvalue weighted by Gasteiger charge is 2.37. The molecule has 3 amide bonds. The number of ether oxygens (including phenoxy) is 1. The molecule has 0 aliphatic carbocycles. The topological polar surface area (TPSA) is 107 Å². The van der Waals surface area contributed by atoms with Crippen molar-refractivity contribution in [1.82, 2.24) is 9.80 Å². The van der Waals surface area contributed by atoms with Gasteiger partial charge in [0.25, 0.3) is 11.1 Å². The second-order valence-electron chi connectivity index (χ2n) is 9.46.